The molecule has 0 saturated carbocycles. The Morgan fingerprint density at radius 1 is 1.19 bits per heavy atom. The number of rotatable bonds is 5. The van der Waals surface area contributed by atoms with Gasteiger partial charge in [0.05, 0.1) is 5.02 Å². The Kier molecular flexibility index (Phi) is 5.15. The van der Waals surface area contributed by atoms with Gasteiger partial charge < -0.3 is 10.1 Å². The fourth-order valence-electron chi connectivity index (χ4n) is 1.79. The van der Waals surface area contributed by atoms with Gasteiger partial charge in [0.15, 0.2) is 17.3 Å². The molecule has 0 unspecified atom stereocenters. The fourth-order valence-corrected chi connectivity index (χ4v) is 2.02. The van der Waals surface area contributed by atoms with E-state index >= 15 is 0 Å². The van der Waals surface area contributed by atoms with E-state index in [1.165, 1.54) is 6.07 Å². The van der Waals surface area contributed by atoms with Gasteiger partial charge in [-0.05, 0) is 18.2 Å². The molecular formula is C16H16ClF2NO. The van der Waals surface area contributed by atoms with Crippen LogP contribution in [0.15, 0.2) is 36.4 Å². The molecule has 2 aromatic carbocycles. The van der Waals surface area contributed by atoms with Crippen LogP contribution in [0.1, 0.15) is 19.4 Å². The van der Waals surface area contributed by atoms with E-state index in [0.717, 1.165) is 17.7 Å². The van der Waals surface area contributed by atoms with Gasteiger partial charge in [-0.2, -0.15) is 0 Å². The first kappa shape index (κ1) is 15.7. The van der Waals surface area contributed by atoms with E-state index in [2.05, 4.69) is 5.32 Å². The first-order valence-corrected chi connectivity index (χ1v) is 6.99. The molecule has 2 nitrogen and oxygen atoms in total. The van der Waals surface area contributed by atoms with Crippen molar-refractivity contribution in [3.8, 4) is 11.5 Å². The van der Waals surface area contributed by atoms with E-state index in [-0.39, 0.29) is 5.75 Å². The standard InChI is InChI=1S/C16H16ClF2NO/c1-10(2)20-9-11-4-3-5-13(17)16(11)21-15-7-6-12(18)8-14(15)19/h3-8,10,20H,9H2,1-2H3. The SMILES string of the molecule is CC(C)NCc1cccc(Cl)c1Oc1ccc(F)cc1F. The molecule has 0 bridgehead atoms. The quantitative estimate of drug-likeness (QED) is 0.847. The first-order chi connectivity index (χ1) is 9.97. The second-order valence-electron chi connectivity index (χ2n) is 4.94. The highest BCUT2D eigenvalue weighted by Crippen LogP contribution is 2.34. The summed E-state index contributed by atoms with van der Waals surface area (Å²) in [6, 6.07) is 8.76. The van der Waals surface area contributed by atoms with E-state index in [1.54, 1.807) is 12.1 Å². The molecular weight excluding hydrogens is 296 g/mol. The van der Waals surface area contributed by atoms with E-state index in [4.69, 9.17) is 16.3 Å². The van der Waals surface area contributed by atoms with Gasteiger partial charge in [-0.25, -0.2) is 8.78 Å². The molecule has 0 amide bonds. The zero-order valence-electron chi connectivity index (χ0n) is 11.8. The molecule has 0 fully saturated rings. The van der Waals surface area contributed by atoms with Crippen LogP contribution in [-0.2, 0) is 6.54 Å². The van der Waals surface area contributed by atoms with Crippen LogP contribution in [0, 0.1) is 11.6 Å². The number of benzene rings is 2. The van der Waals surface area contributed by atoms with Gasteiger partial charge in [0.1, 0.15) is 5.82 Å². The maximum absolute atomic E-state index is 13.7. The summed E-state index contributed by atoms with van der Waals surface area (Å²) in [6.07, 6.45) is 0. The Morgan fingerprint density at radius 2 is 1.95 bits per heavy atom. The van der Waals surface area contributed by atoms with Crippen LogP contribution in [0.3, 0.4) is 0 Å². The predicted octanol–water partition coefficient (Wildman–Crippen LogP) is 4.91. The van der Waals surface area contributed by atoms with Crippen molar-refractivity contribution in [3.63, 3.8) is 0 Å². The molecule has 0 atom stereocenters. The summed E-state index contributed by atoms with van der Waals surface area (Å²) in [7, 11) is 0. The van der Waals surface area contributed by atoms with Gasteiger partial charge in [-0.1, -0.05) is 37.6 Å². The van der Waals surface area contributed by atoms with Crippen LogP contribution < -0.4 is 10.1 Å². The number of nitrogens with one attached hydrogen (secondary N) is 1. The summed E-state index contributed by atoms with van der Waals surface area (Å²) in [5, 5.41) is 3.62. The lowest BCUT2D eigenvalue weighted by atomic mass is 10.2. The molecule has 5 heteroatoms. The van der Waals surface area contributed by atoms with Crippen LogP contribution in [0.25, 0.3) is 0 Å². The number of halogens is 3. The third kappa shape index (κ3) is 4.16. The normalized spacial score (nSPS) is 11.0. The Bertz CT molecular complexity index is 632. The summed E-state index contributed by atoms with van der Waals surface area (Å²) in [5.74, 6) is -1.11. The molecule has 0 radical (unpaired) electrons. The van der Waals surface area contributed by atoms with E-state index < -0.39 is 11.6 Å². The first-order valence-electron chi connectivity index (χ1n) is 6.61. The monoisotopic (exact) mass is 311 g/mol. The second kappa shape index (κ2) is 6.87. The number of ether oxygens (including phenoxy) is 1. The molecule has 0 saturated heterocycles. The summed E-state index contributed by atoms with van der Waals surface area (Å²) in [6.45, 7) is 4.58. The third-order valence-corrected chi connectivity index (χ3v) is 3.15. The Morgan fingerprint density at radius 3 is 2.62 bits per heavy atom. The van der Waals surface area contributed by atoms with Crippen molar-refractivity contribution in [2.24, 2.45) is 0 Å². The minimum atomic E-state index is -0.766. The lowest BCUT2D eigenvalue weighted by Gasteiger charge is -2.15. The molecule has 0 aliphatic carbocycles. The maximum atomic E-state index is 13.7. The maximum Gasteiger partial charge on any atom is 0.168 e. The highest BCUT2D eigenvalue weighted by Gasteiger charge is 2.13. The number of hydrogen-bond acceptors (Lipinski definition) is 2. The van der Waals surface area contributed by atoms with Crippen molar-refractivity contribution in [2.45, 2.75) is 26.4 Å². The van der Waals surface area contributed by atoms with Crippen molar-refractivity contribution >= 4 is 11.6 Å². The molecule has 2 aromatic rings. The molecule has 0 aromatic heterocycles. The van der Waals surface area contributed by atoms with Crippen molar-refractivity contribution in [2.75, 3.05) is 0 Å². The van der Waals surface area contributed by atoms with Gasteiger partial charge in [-0.15, -0.1) is 0 Å². The summed E-state index contributed by atoms with van der Waals surface area (Å²) >= 11 is 6.13. The van der Waals surface area contributed by atoms with E-state index in [9.17, 15) is 8.78 Å². The zero-order valence-corrected chi connectivity index (χ0v) is 12.5. The lowest BCUT2D eigenvalue weighted by Crippen LogP contribution is -2.22. The predicted molar refractivity (Wildman–Crippen MR) is 79.9 cm³/mol. The van der Waals surface area contributed by atoms with Gasteiger partial charge in [0.25, 0.3) is 0 Å². The van der Waals surface area contributed by atoms with Gasteiger partial charge in [0.2, 0.25) is 0 Å². The summed E-state index contributed by atoms with van der Waals surface area (Å²) < 4.78 is 32.2. The summed E-state index contributed by atoms with van der Waals surface area (Å²) in [5.41, 5.74) is 0.805. The Labute approximate surface area is 127 Å². The van der Waals surface area contributed by atoms with Gasteiger partial charge in [-0.3, -0.25) is 0 Å². The second-order valence-corrected chi connectivity index (χ2v) is 5.35. The minimum Gasteiger partial charge on any atom is -0.452 e. The lowest BCUT2D eigenvalue weighted by molar-refractivity contribution is 0.430. The third-order valence-electron chi connectivity index (χ3n) is 2.86. The summed E-state index contributed by atoms with van der Waals surface area (Å²) in [4.78, 5) is 0. The molecule has 1 N–H and O–H groups in total. The number of para-hydroxylation sites is 1. The molecule has 2 rings (SSSR count). The molecule has 0 aliphatic rings. The van der Waals surface area contributed by atoms with Crippen LogP contribution in [-0.4, -0.2) is 6.04 Å². The highest BCUT2D eigenvalue weighted by atomic mass is 35.5. The highest BCUT2D eigenvalue weighted by molar-refractivity contribution is 6.32. The van der Waals surface area contributed by atoms with Crippen molar-refractivity contribution in [1.82, 2.24) is 5.32 Å². The smallest absolute Gasteiger partial charge is 0.168 e. The van der Waals surface area contributed by atoms with Crippen LogP contribution in [0.2, 0.25) is 5.02 Å². The van der Waals surface area contributed by atoms with Gasteiger partial charge in [0, 0.05) is 24.2 Å². The van der Waals surface area contributed by atoms with Crippen LogP contribution in [0.5, 0.6) is 11.5 Å². The van der Waals surface area contributed by atoms with Gasteiger partial charge >= 0.3 is 0 Å². The molecule has 0 spiro atoms. The molecule has 0 heterocycles. The average molecular weight is 312 g/mol. The van der Waals surface area contributed by atoms with Crippen LogP contribution >= 0.6 is 11.6 Å². The molecule has 21 heavy (non-hydrogen) atoms. The van der Waals surface area contributed by atoms with Crippen LogP contribution in [0.4, 0.5) is 8.78 Å². The Hall–Kier alpha value is -1.65. The zero-order chi connectivity index (χ0) is 15.4. The topological polar surface area (TPSA) is 21.3 Å². The Balaban J connectivity index is 2.29. The fraction of sp³-hybridized carbons (Fsp3) is 0.250. The van der Waals surface area contributed by atoms with Crippen molar-refractivity contribution in [3.05, 3.63) is 58.6 Å². The average Bonchev–Trinajstić information content (AvgIpc) is 2.42. The largest absolute Gasteiger partial charge is 0.452 e. The minimum absolute atomic E-state index is 0.0599. The van der Waals surface area contributed by atoms with E-state index in [0.29, 0.717) is 23.4 Å². The molecule has 0 aliphatic heterocycles. The van der Waals surface area contributed by atoms with Crippen molar-refractivity contribution in [1.29, 1.82) is 0 Å². The number of hydrogen-bond donors (Lipinski definition) is 1. The van der Waals surface area contributed by atoms with E-state index in [1.807, 2.05) is 19.9 Å². The van der Waals surface area contributed by atoms with Crippen molar-refractivity contribution < 1.29 is 13.5 Å². The molecule has 112 valence electrons.